The fraction of sp³-hybridized carbons (Fsp3) is 0.538. The zero-order chi connectivity index (χ0) is 12.7. The van der Waals surface area contributed by atoms with E-state index in [0.29, 0.717) is 23.3 Å². The van der Waals surface area contributed by atoms with E-state index in [1.54, 1.807) is 23.1 Å². The number of nitrogens with zero attached hydrogens (tertiary/aromatic N) is 2. The number of rotatable bonds is 1. The number of carbonyl (C=O) groups is 1. The van der Waals surface area contributed by atoms with Crippen LogP contribution >= 0.6 is 11.6 Å². The number of carbonyl (C=O) groups excluding carboxylic acids is 1. The average Bonchev–Trinajstić information content (AvgIpc) is 2.91. The second kappa shape index (κ2) is 4.52. The third kappa shape index (κ3) is 1.99. The molecule has 0 spiro atoms. The van der Waals surface area contributed by atoms with Gasteiger partial charge in [-0.25, -0.2) is 4.98 Å². The van der Waals surface area contributed by atoms with Crippen LogP contribution in [0.2, 0.25) is 5.15 Å². The monoisotopic (exact) mass is 266 g/mol. The molecule has 3 unspecified atom stereocenters. The Hall–Kier alpha value is -1.13. The van der Waals surface area contributed by atoms with Crippen LogP contribution in [0.4, 0.5) is 0 Å². The summed E-state index contributed by atoms with van der Waals surface area (Å²) in [6, 6.07) is 5.06. The number of likely N-dealkylation sites (tertiary alicyclic amines) is 1. The first kappa shape index (κ1) is 11.9. The molecular formula is C13H15ClN2O2. The minimum Gasteiger partial charge on any atom is -0.393 e. The molecule has 1 aromatic rings. The lowest BCUT2D eigenvalue weighted by Crippen LogP contribution is -2.31. The molecule has 1 N–H and O–H groups in total. The third-order valence-electron chi connectivity index (χ3n) is 4.04. The van der Waals surface area contributed by atoms with Crippen molar-refractivity contribution in [1.82, 2.24) is 9.88 Å². The fourth-order valence-corrected chi connectivity index (χ4v) is 3.26. The highest BCUT2D eigenvalue weighted by molar-refractivity contribution is 6.29. The topological polar surface area (TPSA) is 53.4 Å². The Morgan fingerprint density at radius 3 is 2.94 bits per heavy atom. The molecule has 2 fully saturated rings. The minimum absolute atomic E-state index is 0.0842. The van der Waals surface area contributed by atoms with Gasteiger partial charge in [0, 0.05) is 19.0 Å². The number of pyridine rings is 1. The van der Waals surface area contributed by atoms with Gasteiger partial charge in [-0.1, -0.05) is 17.7 Å². The minimum atomic E-state index is -0.250. The van der Waals surface area contributed by atoms with Crippen molar-refractivity contribution in [3.8, 4) is 0 Å². The van der Waals surface area contributed by atoms with Gasteiger partial charge in [0.1, 0.15) is 10.8 Å². The number of fused-ring (bicyclic) bond motifs is 1. The van der Waals surface area contributed by atoms with E-state index < -0.39 is 0 Å². The van der Waals surface area contributed by atoms with Crippen molar-refractivity contribution in [2.45, 2.75) is 18.9 Å². The summed E-state index contributed by atoms with van der Waals surface area (Å²) in [5.74, 6) is 0.607. The molecule has 1 amide bonds. The highest BCUT2D eigenvalue weighted by atomic mass is 35.5. The standard InChI is InChI=1S/C13H15ClN2O2/c14-12-3-1-2-10(15-12)13(18)16-6-8-4-5-11(17)9(8)7-16/h1-3,8-9,11,17H,4-7H2. The number of aliphatic hydroxyl groups is 1. The van der Waals surface area contributed by atoms with E-state index in [2.05, 4.69) is 4.98 Å². The Morgan fingerprint density at radius 2 is 2.22 bits per heavy atom. The molecule has 1 aliphatic carbocycles. The molecule has 2 heterocycles. The van der Waals surface area contributed by atoms with Crippen LogP contribution < -0.4 is 0 Å². The molecule has 4 nitrogen and oxygen atoms in total. The van der Waals surface area contributed by atoms with E-state index >= 15 is 0 Å². The lowest BCUT2D eigenvalue weighted by molar-refractivity contribution is 0.0746. The molecule has 3 atom stereocenters. The number of aromatic nitrogens is 1. The van der Waals surface area contributed by atoms with Crippen LogP contribution in [0, 0.1) is 11.8 Å². The molecule has 1 aromatic heterocycles. The predicted octanol–water partition coefficient (Wildman–Crippen LogP) is 1.58. The molecule has 96 valence electrons. The SMILES string of the molecule is O=C(c1cccc(Cl)n1)N1CC2CCC(O)C2C1. The van der Waals surface area contributed by atoms with Gasteiger partial charge in [-0.3, -0.25) is 4.79 Å². The highest BCUT2D eigenvalue weighted by Crippen LogP contribution is 2.38. The largest absolute Gasteiger partial charge is 0.393 e. The van der Waals surface area contributed by atoms with Crippen molar-refractivity contribution in [3.05, 3.63) is 29.0 Å². The van der Waals surface area contributed by atoms with E-state index in [1.807, 2.05) is 0 Å². The van der Waals surface area contributed by atoms with Gasteiger partial charge in [-0.2, -0.15) is 0 Å². The quantitative estimate of drug-likeness (QED) is 0.785. The van der Waals surface area contributed by atoms with Crippen molar-refractivity contribution in [1.29, 1.82) is 0 Å². The molecule has 1 saturated heterocycles. The molecule has 3 rings (SSSR count). The Balaban J connectivity index is 1.75. The maximum Gasteiger partial charge on any atom is 0.272 e. The summed E-state index contributed by atoms with van der Waals surface area (Å²) in [6.07, 6.45) is 1.63. The molecule has 1 aliphatic heterocycles. The van der Waals surface area contributed by atoms with E-state index in [1.165, 1.54) is 0 Å². The summed E-state index contributed by atoms with van der Waals surface area (Å²) < 4.78 is 0. The maximum absolute atomic E-state index is 12.3. The van der Waals surface area contributed by atoms with Crippen molar-refractivity contribution in [3.63, 3.8) is 0 Å². The fourth-order valence-electron chi connectivity index (χ4n) is 3.09. The molecular weight excluding hydrogens is 252 g/mol. The molecule has 0 radical (unpaired) electrons. The summed E-state index contributed by atoms with van der Waals surface area (Å²) in [7, 11) is 0. The molecule has 2 aliphatic rings. The van der Waals surface area contributed by atoms with Crippen molar-refractivity contribution in [2.24, 2.45) is 11.8 Å². The molecule has 0 aromatic carbocycles. The van der Waals surface area contributed by atoms with Crippen molar-refractivity contribution >= 4 is 17.5 Å². The van der Waals surface area contributed by atoms with Gasteiger partial charge < -0.3 is 10.0 Å². The third-order valence-corrected chi connectivity index (χ3v) is 4.25. The molecule has 0 bridgehead atoms. The van der Waals surface area contributed by atoms with Crippen LogP contribution in [0.15, 0.2) is 18.2 Å². The first-order chi connectivity index (χ1) is 8.65. The lowest BCUT2D eigenvalue weighted by Gasteiger charge is -2.17. The van der Waals surface area contributed by atoms with Gasteiger partial charge in [0.05, 0.1) is 6.10 Å². The normalized spacial score (nSPS) is 30.6. The van der Waals surface area contributed by atoms with Gasteiger partial charge in [0.25, 0.3) is 5.91 Å². The van der Waals surface area contributed by atoms with Crippen LogP contribution in [-0.4, -0.2) is 40.1 Å². The van der Waals surface area contributed by atoms with E-state index in [4.69, 9.17) is 11.6 Å². The van der Waals surface area contributed by atoms with Crippen LogP contribution in [0.3, 0.4) is 0 Å². The lowest BCUT2D eigenvalue weighted by atomic mass is 10.00. The van der Waals surface area contributed by atoms with Gasteiger partial charge >= 0.3 is 0 Å². The average molecular weight is 267 g/mol. The number of hydrogen-bond acceptors (Lipinski definition) is 3. The van der Waals surface area contributed by atoms with E-state index in [0.717, 1.165) is 19.4 Å². The van der Waals surface area contributed by atoms with Gasteiger partial charge in [-0.15, -0.1) is 0 Å². The second-order valence-electron chi connectivity index (χ2n) is 5.12. The highest BCUT2D eigenvalue weighted by Gasteiger charge is 2.43. The van der Waals surface area contributed by atoms with E-state index in [-0.39, 0.29) is 17.9 Å². The first-order valence-corrected chi connectivity index (χ1v) is 6.63. The number of hydrogen-bond donors (Lipinski definition) is 1. The van der Waals surface area contributed by atoms with Crippen molar-refractivity contribution < 1.29 is 9.90 Å². The van der Waals surface area contributed by atoms with Crippen LogP contribution in [0.1, 0.15) is 23.3 Å². The van der Waals surface area contributed by atoms with Crippen LogP contribution in [0.25, 0.3) is 0 Å². The van der Waals surface area contributed by atoms with Crippen LogP contribution in [-0.2, 0) is 0 Å². The Bertz CT molecular complexity index is 480. The summed E-state index contributed by atoms with van der Waals surface area (Å²) in [5.41, 5.74) is 0.386. The Kier molecular flexibility index (Phi) is 2.99. The molecule has 1 saturated carbocycles. The number of amides is 1. The molecule has 5 heteroatoms. The van der Waals surface area contributed by atoms with E-state index in [9.17, 15) is 9.90 Å². The van der Waals surface area contributed by atoms with Gasteiger partial charge in [0.2, 0.25) is 0 Å². The van der Waals surface area contributed by atoms with Gasteiger partial charge in [-0.05, 0) is 30.9 Å². The second-order valence-corrected chi connectivity index (χ2v) is 5.51. The zero-order valence-electron chi connectivity index (χ0n) is 9.92. The predicted molar refractivity (Wildman–Crippen MR) is 67.4 cm³/mol. The number of halogens is 1. The van der Waals surface area contributed by atoms with Gasteiger partial charge in [0.15, 0.2) is 0 Å². The number of aliphatic hydroxyl groups excluding tert-OH is 1. The first-order valence-electron chi connectivity index (χ1n) is 6.25. The van der Waals surface area contributed by atoms with Crippen LogP contribution in [0.5, 0.6) is 0 Å². The molecule has 18 heavy (non-hydrogen) atoms. The Morgan fingerprint density at radius 1 is 1.39 bits per heavy atom. The summed E-state index contributed by atoms with van der Waals surface area (Å²) in [4.78, 5) is 18.1. The Labute approximate surface area is 111 Å². The maximum atomic E-state index is 12.3. The smallest absolute Gasteiger partial charge is 0.272 e. The summed E-state index contributed by atoms with van der Waals surface area (Å²) in [5, 5.41) is 10.2. The zero-order valence-corrected chi connectivity index (χ0v) is 10.7. The summed E-state index contributed by atoms with van der Waals surface area (Å²) >= 11 is 5.79. The summed E-state index contributed by atoms with van der Waals surface area (Å²) in [6.45, 7) is 1.37. The van der Waals surface area contributed by atoms with Crippen molar-refractivity contribution in [2.75, 3.05) is 13.1 Å².